The van der Waals surface area contributed by atoms with Crippen LogP contribution in [0.2, 0.25) is 0 Å². The molecule has 0 aromatic rings. The van der Waals surface area contributed by atoms with Crippen molar-refractivity contribution in [3.63, 3.8) is 0 Å². The van der Waals surface area contributed by atoms with Gasteiger partial charge in [0.2, 0.25) is 5.91 Å². The molecule has 0 radical (unpaired) electrons. The van der Waals surface area contributed by atoms with Crippen molar-refractivity contribution < 1.29 is 9.90 Å². The summed E-state index contributed by atoms with van der Waals surface area (Å²) in [7, 11) is 0. The normalized spacial score (nSPS) is 47.4. The van der Waals surface area contributed by atoms with Gasteiger partial charge in [0.1, 0.15) is 0 Å². The molecule has 4 rings (SSSR count). The first-order chi connectivity index (χ1) is 12.8. The molecule has 3 nitrogen and oxygen atoms in total. The maximum atomic E-state index is 11.3. The molecule has 152 valence electrons. The lowest BCUT2D eigenvalue weighted by molar-refractivity contribution is -0.118. The standard InChI is InChI=1S/C24H39NO2/c1-15(4-9-22(25)27)19-7-8-20-18-6-5-16-14-17(26)10-12-23(16,2)21(18)11-13-24(19,20)3/h5,15,17-21,26H,4,6-14H2,1-3H3,(H2,25,27)/t15-,17+,18+,19?,20?,21?,23+,24-/m1/s1. The Bertz CT molecular complexity index is 628. The molecule has 3 N–H and O–H groups in total. The number of allylic oxidation sites excluding steroid dienone is 1. The first kappa shape index (κ1) is 19.5. The van der Waals surface area contributed by atoms with Crippen LogP contribution in [0.1, 0.15) is 85.0 Å². The molecule has 3 heteroatoms. The van der Waals surface area contributed by atoms with Crippen molar-refractivity contribution in [2.75, 3.05) is 0 Å². The molecule has 4 aliphatic carbocycles. The molecule has 0 heterocycles. The number of fused-ring (bicyclic) bond motifs is 5. The highest BCUT2D eigenvalue weighted by Gasteiger charge is 2.59. The zero-order valence-electron chi connectivity index (χ0n) is 17.5. The van der Waals surface area contributed by atoms with Gasteiger partial charge in [-0.2, -0.15) is 0 Å². The summed E-state index contributed by atoms with van der Waals surface area (Å²) in [6.45, 7) is 7.43. The molecule has 3 unspecified atom stereocenters. The fraction of sp³-hybridized carbons (Fsp3) is 0.875. The monoisotopic (exact) mass is 373 g/mol. The Hall–Kier alpha value is -0.830. The van der Waals surface area contributed by atoms with Crippen molar-refractivity contribution in [1.29, 1.82) is 0 Å². The van der Waals surface area contributed by atoms with E-state index >= 15 is 0 Å². The fourth-order valence-corrected chi connectivity index (χ4v) is 8.19. The highest BCUT2D eigenvalue weighted by atomic mass is 16.3. The first-order valence-electron chi connectivity index (χ1n) is 11.4. The van der Waals surface area contributed by atoms with Gasteiger partial charge in [-0.3, -0.25) is 4.79 Å². The summed E-state index contributed by atoms with van der Waals surface area (Å²) in [4.78, 5) is 11.3. The van der Waals surface area contributed by atoms with Crippen molar-refractivity contribution in [1.82, 2.24) is 0 Å². The Morgan fingerprint density at radius 1 is 1.22 bits per heavy atom. The molecule has 1 amide bonds. The molecular weight excluding hydrogens is 334 g/mol. The van der Waals surface area contributed by atoms with Gasteiger partial charge >= 0.3 is 0 Å². The molecular formula is C24H39NO2. The minimum atomic E-state index is -0.150. The van der Waals surface area contributed by atoms with Crippen LogP contribution < -0.4 is 5.73 Å². The van der Waals surface area contributed by atoms with Gasteiger partial charge in [-0.25, -0.2) is 0 Å². The minimum absolute atomic E-state index is 0.114. The lowest BCUT2D eigenvalue weighted by Gasteiger charge is -2.58. The van der Waals surface area contributed by atoms with E-state index in [1.807, 2.05) is 0 Å². The third-order valence-corrected chi connectivity index (χ3v) is 9.68. The van der Waals surface area contributed by atoms with Crippen molar-refractivity contribution >= 4 is 5.91 Å². The van der Waals surface area contributed by atoms with Crippen molar-refractivity contribution in [2.45, 2.75) is 91.1 Å². The van der Waals surface area contributed by atoms with Crippen LogP contribution in [0.4, 0.5) is 0 Å². The van der Waals surface area contributed by atoms with E-state index in [-0.39, 0.29) is 12.0 Å². The summed E-state index contributed by atoms with van der Waals surface area (Å²) in [6.07, 6.45) is 13.6. The number of primary amides is 1. The summed E-state index contributed by atoms with van der Waals surface area (Å²) >= 11 is 0. The average molecular weight is 374 g/mol. The van der Waals surface area contributed by atoms with E-state index in [1.165, 1.54) is 38.5 Å². The van der Waals surface area contributed by atoms with Crippen molar-refractivity contribution in [3.8, 4) is 0 Å². The predicted molar refractivity (Wildman–Crippen MR) is 109 cm³/mol. The smallest absolute Gasteiger partial charge is 0.217 e. The number of amides is 1. The van der Waals surface area contributed by atoms with E-state index in [0.717, 1.165) is 42.9 Å². The summed E-state index contributed by atoms with van der Waals surface area (Å²) in [5, 5.41) is 10.2. The van der Waals surface area contributed by atoms with Gasteiger partial charge in [0.25, 0.3) is 0 Å². The summed E-state index contributed by atoms with van der Waals surface area (Å²) in [6, 6.07) is 0. The SMILES string of the molecule is C[C@H](CCC(N)=O)C1CCC2[C@@H]3CC=C4C[C@@H](O)CC[C@]4(C)C3CC[C@@]21C. The Morgan fingerprint density at radius 3 is 2.74 bits per heavy atom. The number of hydrogen-bond acceptors (Lipinski definition) is 2. The van der Waals surface area contributed by atoms with Crippen LogP contribution in [0.15, 0.2) is 11.6 Å². The highest BCUT2D eigenvalue weighted by Crippen LogP contribution is 2.67. The van der Waals surface area contributed by atoms with E-state index in [1.54, 1.807) is 5.57 Å². The Balaban J connectivity index is 1.54. The third kappa shape index (κ3) is 3.09. The molecule has 0 spiro atoms. The topological polar surface area (TPSA) is 63.3 Å². The number of nitrogens with two attached hydrogens (primary N) is 1. The Morgan fingerprint density at radius 2 is 2.00 bits per heavy atom. The van der Waals surface area contributed by atoms with Gasteiger partial charge in [-0.05, 0) is 98.2 Å². The lowest BCUT2D eigenvalue weighted by Crippen LogP contribution is -2.50. The second-order valence-electron chi connectivity index (χ2n) is 10.9. The number of hydrogen-bond donors (Lipinski definition) is 2. The van der Waals surface area contributed by atoms with E-state index < -0.39 is 0 Å². The largest absolute Gasteiger partial charge is 0.393 e. The van der Waals surface area contributed by atoms with E-state index in [9.17, 15) is 9.90 Å². The number of rotatable bonds is 4. The quantitative estimate of drug-likeness (QED) is 0.693. The van der Waals surface area contributed by atoms with Crippen LogP contribution in [-0.4, -0.2) is 17.1 Å². The van der Waals surface area contributed by atoms with Crippen LogP contribution >= 0.6 is 0 Å². The van der Waals surface area contributed by atoms with Gasteiger partial charge in [0.05, 0.1) is 6.10 Å². The van der Waals surface area contributed by atoms with Crippen LogP contribution in [0.3, 0.4) is 0 Å². The average Bonchev–Trinajstić information content (AvgIpc) is 2.97. The Labute approximate surface area is 165 Å². The van der Waals surface area contributed by atoms with E-state index in [4.69, 9.17) is 5.73 Å². The molecule has 3 fully saturated rings. The lowest BCUT2D eigenvalue weighted by atomic mass is 9.47. The maximum absolute atomic E-state index is 11.3. The zero-order chi connectivity index (χ0) is 19.4. The van der Waals surface area contributed by atoms with Crippen LogP contribution in [0, 0.1) is 40.4 Å². The van der Waals surface area contributed by atoms with Gasteiger partial charge in [0, 0.05) is 6.42 Å². The molecule has 0 aromatic carbocycles. The fourth-order valence-electron chi connectivity index (χ4n) is 8.19. The number of carbonyl (C=O) groups excluding carboxylic acids is 1. The second-order valence-corrected chi connectivity index (χ2v) is 10.9. The van der Waals surface area contributed by atoms with E-state index in [2.05, 4.69) is 26.8 Å². The molecule has 0 saturated heterocycles. The van der Waals surface area contributed by atoms with Crippen LogP contribution in [-0.2, 0) is 4.79 Å². The van der Waals surface area contributed by atoms with Crippen molar-refractivity contribution in [2.24, 2.45) is 46.2 Å². The predicted octanol–water partition coefficient (Wildman–Crippen LogP) is 4.83. The number of aliphatic hydroxyl groups excluding tert-OH is 1. The molecule has 4 aliphatic rings. The molecule has 8 atom stereocenters. The molecule has 0 aromatic heterocycles. The number of aliphatic hydroxyl groups is 1. The van der Waals surface area contributed by atoms with Gasteiger partial charge in [-0.1, -0.05) is 32.4 Å². The van der Waals surface area contributed by atoms with Gasteiger partial charge < -0.3 is 10.8 Å². The summed E-state index contributed by atoms with van der Waals surface area (Å²) in [5.41, 5.74) is 7.75. The maximum Gasteiger partial charge on any atom is 0.217 e. The second kappa shape index (κ2) is 6.90. The Kier molecular flexibility index (Phi) is 4.98. The minimum Gasteiger partial charge on any atom is -0.393 e. The van der Waals surface area contributed by atoms with Gasteiger partial charge in [-0.15, -0.1) is 0 Å². The van der Waals surface area contributed by atoms with Crippen LogP contribution in [0.25, 0.3) is 0 Å². The number of carbonyl (C=O) groups is 1. The van der Waals surface area contributed by atoms with Crippen LogP contribution in [0.5, 0.6) is 0 Å². The molecule has 3 saturated carbocycles. The third-order valence-electron chi connectivity index (χ3n) is 9.68. The zero-order valence-corrected chi connectivity index (χ0v) is 17.5. The van der Waals surface area contributed by atoms with Crippen molar-refractivity contribution in [3.05, 3.63) is 11.6 Å². The summed E-state index contributed by atoms with van der Waals surface area (Å²) in [5.74, 6) is 3.65. The highest BCUT2D eigenvalue weighted by molar-refractivity contribution is 5.73. The molecule has 0 aliphatic heterocycles. The first-order valence-corrected chi connectivity index (χ1v) is 11.4. The van der Waals surface area contributed by atoms with E-state index in [0.29, 0.717) is 23.2 Å². The molecule has 27 heavy (non-hydrogen) atoms. The van der Waals surface area contributed by atoms with Gasteiger partial charge in [0.15, 0.2) is 0 Å². The summed E-state index contributed by atoms with van der Waals surface area (Å²) < 4.78 is 0. The molecule has 0 bridgehead atoms.